The largest absolute Gasteiger partial charge is 0.480 e. The second kappa shape index (κ2) is 12.5. The van der Waals surface area contributed by atoms with E-state index in [-0.39, 0.29) is 6.42 Å². The molecule has 166 valence electrons. The molecule has 0 aliphatic carbocycles. The number of aliphatic carboxylic acids is 1. The Hall–Kier alpha value is -3.19. The lowest BCUT2D eigenvalue weighted by molar-refractivity contribution is -0.144. The molecule has 0 unspecified atom stereocenters. The highest BCUT2D eigenvalue weighted by molar-refractivity contribution is 5.95. The van der Waals surface area contributed by atoms with Gasteiger partial charge in [-0.25, -0.2) is 4.79 Å². The van der Waals surface area contributed by atoms with Crippen molar-refractivity contribution in [3.8, 4) is 0 Å². The molecule has 2 rings (SSSR count). The maximum atomic E-state index is 12.7. The fraction of sp³-hybridized carbons (Fsp3) is 0.375. The van der Waals surface area contributed by atoms with Crippen molar-refractivity contribution in [2.75, 3.05) is 0 Å². The molecule has 7 nitrogen and oxygen atoms in total. The van der Waals surface area contributed by atoms with Gasteiger partial charge < -0.3 is 20.8 Å². The number of amides is 2. The number of aliphatic hydroxyl groups excluding tert-OH is 1. The predicted octanol–water partition coefficient (Wildman–Crippen LogP) is 3.06. The molecule has 3 atom stereocenters. The van der Waals surface area contributed by atoms with Crippen molar-refractivity contribution in [2.45, 2.75) is 57.2 Å². The highest BCUT2D eigenvalue weighted by atomic mass is 16.4. The zero-order valence-electron chi connectivity index (χ0n) is 17.7. The van der Waals surface area contributed by atoms with E-state index in [9.17, 15) is 24.6 Å². The van der Waals surface area contributed by atoms with Gasteiger partial charge in [-0.05, 0) is 24.1 Å². The van der Waals surface area contributed by atoms with Gasteiger partial charge in [0.1, 0.15) is 6.04 Å². The first kappa shape index (κ1) is 24.1. The number of hydrogen-bond donors (Lipinski definition) is 4. The lowest BCUT2D eigenvalue weighted by atomic mass is 9.99. The summed E-state index contributed by atoms with van der Waals surface area (Å²) >= 11 is 0. The molecule has 0 bridgehead atoms. The summed E-state index contributed by atoms with van der Waals surface area (Å²) in [7, 11) is 0. The van der Waals surface area contributed by atoms with Gasteiger partial charge in [-0.3, -0.25) is 9.59 Å². The molecule has 31 heavy (non-hydrogen) atoms. The Balaban J connectivity index is 2.13. The van der Waals surface area contributed by atoms with E-state index in [1.54, 1.807) is 60.7 Å². The first-order chi connectivity index (χ1) is 14.9. The van der Waals surface area contributed by atoms with Gasteiger partial charge in [-0.15, -0.1) is 0 Å². The number of carbonyl (C=O) groups is 3. The summed E-state index contributed by atoms with van der Waals surface area (Å²) < 4.78 is 0. The first-order valence-corrected chi connectivity index (χ1v) is 10.6. The van der Waals surface area contributed by atoms with Crippen molar-refractivity contribution >= 4 is 17.8 Å². The zero-order valence-corrected chi connectivity index (χ0v) is 17.7. The molecule has 2 aromatic carbocycles. The molecule has 0 aromatic heterocycles. The highest BCUT2D eigenvalue weighted by Gasteiger charge is 2.32. The molecule has 0 saturated heterocycles. The molecule has 0 aliphatic heterocycles. The van der Waals surface area contributed by atoms with E-state index in [2.05, 4.69) is 17.6 Å². The van der Waals surface area contributed by atoms with Crippen LogP contribution in [0.15, 0.2) is 60.7 Å². The molecule has 0 aliphatic rings. The van der Waals surface area contributed by atoms with Crippen LogP contribution in [0.1, 0.15) is 61.0 Å². The van der Waals surface area contributed by atoms with Gasteiger partial charge in [0.2, 0.25) is 0 Å². The van der Waals surface area contributed by atoms with E-state index >= 15 is 0 Å². The maximum absolute atomic E-state index is 12.7. The molecular formula is C24H30N2O5. The summed E-state index contributed by atoms with van der Waals surface area (Å²) in [5, 5.41) is 25.3. The minimum atomic E-state index is -1.66. The molecule has 4 N–H and O–H groups in total. The minimum Gasteiger partial charge on any atom is -0.480 e. The molecule has 2 aromatic rings. The highest BCUT2D eigenvalue weighted by Crippen LogP contribution is 2.19. The van der Waals surface area contributed by atoms with E-state index in [4.69, 9.17) is 0 Å². The van der Waals surface area contributed by atoms with Gasteiger partial charge in [0.25, 0.3) is 11.8 Å². The normalized spacial score (nSPS) is 13.6. The van der Waals surface area contributed by atoms with Crippen molar-refractivity contribution in [1.29, 1.82) is 0 Å². The van der Waals surface area contributed by atoms with Gasteiger partial charge in [0.15, 0.2) is 6.10 Å². The number of carbonyl (C=O) groups excluding carboxylic acids is 2. The van der Waals surface area contributed by atoms with Gasteiger partial charge in [-0.1, -0.05) is 81.1 Å². The summed E-state index contributed by atoms with van der Waals surface area (Å²) in [6.07, 6.45) is 2.16. The van der Waals surface area contributed by atoms with Crippen molar-refractivity contribution in [3.63, 3.8) is 0 Å². The quantitative estimate of drug-likeness (QED) is 0.389. The number of unbranched alkanes of at least 4 members (excludes halogenated alkanes) is 3. The molecule has 0 saturated carbocycles. The Bertz CT molecular complexity index is 842. The fourth-order valence-corrected chi connectivity index (χ4v) is 3.26. The third kappa shape index (κ3) is 7.53. The van der Waals surface area contributed by atoms with E-state index in [1.807, 2.05) is 0 Å². The monoisotopic (exact) mass is 426 g/mol. The van der Waals surface area contributed by atoms with Crippen LogP contribution in [0.2, 0.25) is 0 Å². The van der Waals surface area contributed by atoms with E-state index in [0.717, 1.165) is 19.3 Å². The van der Waals surface area contributed by atoms with Gasteiger partial charge in [-0.2, -0.15) is 0 Å². The SMILES string of the molecule is CCCCCC[C@@H](NC(=O)[C@H](O)[C@@H](NC(=O)c1ccccc1)c1ccccc1)C(=O)O. The second-order valence-corrected chi connectivity index (χ2v) is 7.42. The summed E-state index contributed by atoms with van der Waals surface area (Å²) in [6.45, 7) is 2.06. The average Bonchev–Trinajstić information content (AvgIpc) is 2.79. The van der Waals surface area contributed by atoms with E-state index < -0.39 is 36.0 Å². The third-order valence-electron chi connectivity index (χ3n) is 5.03. The number of nitrogens with one attached hydrogen (secondary N) is 2. The van der Waals surface area contributed by atoms with Crippen LogP contribution in [0, 0.1) is 0 Å². The minimum absolute atomic E-state index is 0.278. The predicted molar refractivity (Wildman–Crippen MR) is 117 cm³/mol. The smallest absolute Gasteiger partial charge is 0.326 e. The molecular weight excluding hydrogens is 396 g/mol. The second-order valence-electron chi connectivity index (χ2n) is 7.42. The third-order valence-corrected chi connectivity index (χ3v) is 5.03. The Morgan fingerprint density at radius 3 is 2.06 bits per heavy atom. The van der Waals surface area contributed by atoms with Crippen molar-refractivity contribution in [1.82, 2.24) is 10.6 Å². The van der Waals surface area contributed by atoms with Gasteiger partial charge >= 0.3 is 5.97 Å². The maximum Gasteiger partial charge on any atom is 0.326 e. The first-order valence-electron chi connectivity index (χ1n) is 10.6. The summed E-state index contributed by atoms with van der Waals surface area (Å²) in [4.78, 5) is 36.9. The number of carboxylic acid groups (broad SMARTS) is 1. The lowest BCUT2D eigenvalue weighted by Crippen LogP contribution is -2.50. The lowest BCUT2D eigenvalue weighted by Gasteiger charge is -2.25. The van der Waals surface area contributed by atoms with Gasteiger partial charge in [0, 0.05) is 5.56 Å². The molecule has 0 radical (unpaired) electrons. The Morgan fingerprint density at radius 2 is 1.48 bits per heavy atom. The zero-order chi connectivity index (χ0) is 22.6. The van der Waals surface area contributed by atoms with Crippen molar-refractivity contribution in [2.24, 2.45) is 0 Å². The number of carboxylic acids is 1. The van der Waals surface area contributed by atoms with Crippen LogP contribution in [-0.4, -0.2) is 40.1 Å². The van der Waals surface area contributed by atoms with E-state index in [0.29, 0.717) is 17.5 Å². The fourth-order valence-electron chi connectivity index (χ4n) is 3.26. The molecule has 2 amide bonds. The molecule has 7 heteroatoms. The molecule has 0 heterocycles. The van der Waals surface area contributed by atoms with Crippen LogP contribution >= 0.6 is 0 Å². The van der Waals surface area contributed by atoms with Crippen LogP contribution in [0.5, 0.6) is 0 Å². The number of benzene rings is 2. The Kier molecular flexibility index (Phi) is 9.71. The number of hydrogen-bond acceptors (Lipinski definition) is 4. The van der Waals surface area contributed by atoms with Crippen LogP contribution in [0.3, 0.4) is 0 Å². The van der Waals surface area contributed by atoms with Gasteiger partial charge in [0.05, 0.1) is 6.04 Å². The summed E-state index contributed by atoms with van der Waals surface area (Å²) in [6, 6.07) is 14.9. The van der Waals surface area contributed by atoms with Crippen molar-refractivity contribution < 1.29 is 24.6 Å². The molecule has 0 fully saturated rings. The van der Waals surface area contributed by atoms with Crippen LogP contribution in [0.4, 0.5) is 0 Å². The van der Waals surface area contributed by atoms with Crippen LogP contribution < -0.4 is 10.6 Å². The standard InChI is InChI=1S/C24H30N2O5/c1-2-3-4-11-16-19(24(30)31)25-23(29)21(27)20(17-12-7-5-8-13-17)26-22(28)18-14-9-6-10-15-18/h5-10,12-15,19-21,27H,2-4,11,16H2,1H3,(H,25,29)(H,26,28)(H,30,31)/t19-,20+,21-/m1/s1. The average molecular weight is 427 g/mol. The number of rotatable bonds is 12. The Morgan fingerprint density at radius 1 is 0.871 bits per heavy atom. The summed E-state index contributed by atoms with van der Waals surface area (Å²) in [5.74, 6) is -2.44. The Labute approximate surface area is 182 Å². The van der Waals surface area contributed by atoms with Crippen LogP contribution in [0.25, 0.3) is 0 Å². The topological polar surface area (TPSA) is 116 Å². The molecule has 0 spiro atoms. The van der Waals surface area contributed by atoms with Crippen molar-refractivity contribution in [3.05, 3.63) is 71.8 Å². The van der Waals surface area contributed by atoms with Crippen LogP contribution in [-0.2, 0) is 9.59 Å². The number of aliphatic hydroxyl groups is 1. The van der Waals surface area contributed by atoms with E-state index in [1.165, 1.54) is 0 Å². The summed E-state index contributed by atoms with van der Waals surface area (Å²) in [5.41, 5.74) is 0.916.